The molecule has 0 aromatic heterocycles. The minimum atomic E-state index is -0.400. The van der Waals surface area contributed by atoms with Crippen molar-refractivity contribution < 1.29 is 19.7 Å². The molecule has 0 saturated carbocycles. The fraction of sp³-hybridized carbons (Fsp3) is 0.952. The Hall–Kier alpha value is -0.730. The predicted molar refractivity (Wildman–Crippen MR) is 108 cm³/mol. The van der Waals surface area contributed by atoms with Crippen molar-refractivity contribution in [2.24, 2.45) is 0 Å². The molecule has 3 aliphatic rings. The molecule has 0 atom stereocenters. The molecule has 0 bridgehead atoms. The maximum Gasteiger partial charge on any atom is 0.417 e. The second-order valence-electron chi connectivity index (χ2n) is 11.9. The Balaban J connectivity index is 2.04. The molecule has 2 amide bonds. The van der Waals surface area contributed by atoms with Crippen LogP contribution in [0.4, 0.5) is 4.79 Å². The van der Waals surface area contributed by atoms with E-state index in [9.17, 15) is 15.2 Å². The first-order valence-electron chi connectivity index (χ1n) is 10.7. The molecule has 3 saturated heterocycles. The normalized spacial score (nSPS) is 33.0. The van der Waals surface area contributed by atoms with Crippen molar-refractivity contribution >= 4 is 6.03 Å². The van der Waals surface area contributed by atoms with E-state index in [1.54, 1.807) is 0 Å². The number of hydroxylamine groups is 4. The zero-order valence-electron chi connectivity index (χ0n) is 19.0. The fourth-order valence-corrected chi connectivity index (χ4v) is 6.68. The minimum absolute atomic E-state index is 0.117. The molecule has 0 aromatic carbocycles. The van der Waals surface area contributed by atoms with Gasteiger partial charge in [0.05, 0.1) is 6.54 Å². The van der Waals surface area contributed by atoms with Gasteiger partial charge < -0.3 is 10.4 Å². The monoisotopic (exact) mass is 397 g/mol. The summed E-state index contributed by atoms with van der Waals surface area (Å²) in [5.74, 6) is 0. The number of hydrogen-bond acceptors (Lipinski definition) is 5. The summed E-state index contributed by atoms with van der Waals surface area (Å²) < 4.78 is 0.432. The number of piperidine rings is 2. The predicted octanol–water partition coefficient (Wildman–Crippen LogP) is 3.35. The molecule has 28 heavy (non-hydrogen) atoms. The van der Waals surface area contributed by atoms with Crippen LogP contribution in [-0.2, 0) is 0 Å². The number of rotatable bonds is 2. The van der Waals surface area contributed by atoms with Gasteiger partial charge in [-0.15, -0.1) is 0 Å². The van der Waals surface area contributed by atoms with Crippen LogP contribution in [-0.4, -0.2) is 78.4 Å². The molecule has 3 rings (SSSR count). The van der Waals surface area contributed by atoms with Crippen LogP contribution in [0.25, 0.3) is 0 Å². The molecule has 162 valence electrons. The molecule has 0 radical (unpaired) electrons. The molecule has 7 nitrogen and oxygen atoms in total. The van der Waals surface area contributed by atoms with E-state index in [1.165, 1.54) is 10.1 Å². The highest BCUT2D eigenvalue weighted by atomic mass is 16.5. The van der Waals surface area contributed by atoms with E-state index in [1.807, 2.05) is 0 Å². The van der Waals surface area contributed by atoms with Crippen LogP contribution in [0.1, 0.15) is 81.1 Å². The van der Waals surface area contributed by atoms with Crippen molar-refractivity contribution in [2.75, 3.05) is 13.1 Å². The Morgan fingerprint density at radius 2 is 1.11 bits per heavy atom. The molecule has 0 spiro atoms. The summed E-state index contributed by atoms with van der Waals surface area (Å²) in [5, 5.41) is 27.6. The Morgan fingerprint density at radius 1 is 0.786 bits per heavy atom. The van der Waals surface area contributed by atoms with Crippen LogP contribution in [0.5, 0.6) is 0 Å². The van der Waals surface area contributed by atoms with Gasteiger partial charge in [0, 0.05) is 47.8 Å². The first-order valence-corrected chi connectivity index (χ1v) is 10.7. The number of carbonyl (C=O) groups is 1. The van der Waals surface area contributed by atoms with Crippen LogP contribution in [0.15, 0.2) is 0 Å². The second kappa shape index (κ2) is 6.38. The standard InChI is InChI=1S/C21H40N4O3/c1-18(2)11-15(12-19(3,4)23(18)27)25(10-9-22-17(25)26)16-13-20(5,6)24(28)21(7,8)14-16/h15-16,27-28H,9-14H2,1-8H3/p+1. The molecule has 3 fully saturated rings. The van der Waals surface area contributed by atoms with Gasteiger partial charge in [-0.3, -0.25) is 5.32 Å². The fourth-order valence-electron chi connectivity index (χ4n) is 6.68. The zero-order valence-corrected chi connectivity index (χ0v) is 19.0. The summed E-state index contributed by atoms with van der Waals surface area (Å²) in [6.45, 7) is 18.0. The van der Waals surface area contributed by atoms with Crippen molar-refractivity contribution in [3.8, 4) is 0 Å². The third kappa shape index (κ3) is 3.19. The molecule has 0 unspecified atom stereocenters. The van der Waals surface area contributed by atoms with E-state index in [2.05, 4.69) is 60.7 Å². The number of nitrogens with zero attached hydrogens (tertiary/aromatic N) is 3. The van der Waals surface area contributed by atoms with Crippen molar-refractivity contribution in [2.45, 2.75) is 115 Å². The Bertz CT molecular complexity index is 566. The lowest BCUT2D eigenvalue weighted by Gasteiger charge is -2.59. The number of carbonyl (C=O) groups excluding carboxylic acids is 1. The van der Waals surface area contributed by atoms with E-state index in [0.717, 1.165) is 32.2 Å². The van der Waals surface area contributed by atoms with E-state index >= 15 is 0 Å². The van der Waals surface area contributed by atoms with E-state index in [-0.39, 0.29) is 18.1 Å². The Labute approximate surface area is 170 Å². The van der Waals surface area contributed by atoms with Crippen molar-refractivity contribution in [3.63, 3.8) is 0 Å². The van der Waals surface area contributed by atoms with Crippen molar-refractivity contribution in [1.82, 2.24) is 15.4 Å². The highest BCUT2D eigenvalue weighted by Crippen LogP contribution is 2.48. The molecule has 3 heterocycles. The number of amides is 2. The van der Waals surface area contributed by atoms with Crippen LogP contribution in [0, 0.1) is 0 Å². The molecule has 0 aliphatic carbocycles. The average Bonchev–Trinajstić information content (AvgIpc) is 2.91. The summed E-state index contributed by atoms with van der Waals surface area (Å²) in [5.41, 5.74) is -1.60. The lowest BCUT2D eigenvalue weighted by Crippen LogP contribution is -2.74. The van der Waals surface area contributed by atoms with Gasteiger partial charge in [0.25, 0.3) is 0 Å². The molecule has 0 aromatic rings. The summed E-state index contributed by atoms with van der Waals surface area (Å²) in [6.07, 6.45) is 3.06. The third-order valence-corrected chi connectivity index (χ3v) is 7.67. The van der Waals surface area contributed by atoms with Gasteiger partial charge in [-0.1, -0.05) is 0 Å². The minimum Gasteiger partial charge on any atom is -0.313 e. The quantitative estimate of drug-likeness (QED) is 0.623. The van der Waals surface area contributed by atoms with Gasteiger partial charge in [0.15, 0.2) is 0 Å². The largest absolute Gasteiger partial charge is 0.417 e. The maximum atomic E-state index is 13.4. The molecular weight excluding hydrogens is 356 g/mol. The summed E-state index contributed by atoms with van der Waals surface area (Å²) >= 11 is 0. The average molecular weight is 398 g/mol. The first-order chi connectivity index (χ1) is 12.6. The van der Waals surface area contributed by atoms with Crippen LogP contribution in [0.3, 0.4) is 0 Å². The van der Waals surface area contributed by atoms with Crippen molar-refractivity contribution in [1.29, 1.82) is 0 Å². The topological polar surface area (TPSA) is 76.0 Å². The van der Waals surface area contributed by atoms with E-state index in [0.29, 0.717) is 11.0 Å². The van der Waals surface area contributed by atoms with Gasteiger partial charge in [-0.25, -0.2) is 9.28 Å². The third-order valence-electron chi connectivity index (χ3n) is 7.67. The Kier molecular flexibility index (Phi) is 5.01. The van der Waals surface area contributed by atoms with Crippen LogP contribution >= 0.6 is 0 Å². The summed E-state index contributed by atoms with van der Waals surface area (Å²) in [6, 6.07) is 0.390. The molecule has 3 aliphatic heterocycles. The van der Waals surface area contributed by atoms with Crippen LogP contribution in [0.2, 0.25) is 0 Å². The van der Waals surface area contributed by atoms with Gasteiger partial charge in [0.2, 0.25) is 0 Å². The first kappa shape index (κ1) is 22.0. The smallest absolute Gasteiger partial charge is 0.313 e. The molecular formula is C21H41N4O3+. The number of quaternary nitrogens is 1. The SMILES string of the molecule is CC1(C)CC([N+]2(C3CC(C)(C)N(O)C(C)(C)C3)CCNC2=O)CC(C)(C)N1O. The van der Waals surface area contributed by atoms with E-state index < -0.39 is 22.2 Å². The second-order valence-corrected chi connectivity index (χ2v) is 11.9. The maximum absolute atomic E-state index is 13.4. The molecule has 7 heteroatoms. The molecule has 3 N–H and O–H groups in total. The number of urea groups is 1. The number of nitrogens with one attached hydrogen (secondary N) is 1. The Morgan fingerprint density at radius 3 is 1.36 bits per heavy atom. The van der Waals surface area contributed by atoms with Gasteiger partial charge >= 0.3 is 6.03 Å². The summed E-state index contributed by atoms with van der Waals surface area (Å²) in [4.78, 5) is 13.4. The van der Waals surface area contributed by atoms with E-state index in [4.69, 9.17) is 0 Å². The van der Waals surface area contributed by atoms with Gasteiger partial charge in [0.1, 0.15) is 18.6 Å². The summed E-state index contributed by atoms with van der Waals surface area (Å²) in [7, 11) is 0. The van der Waals surface area contributed by atoms with Gasteiger partial charge in [-0.05, 0) is 55.4 Å². The highest BCUT2D eigenvalue weighted by Gasteiger charge is 2.62. The van der Waals surface area contributed by atoms with Crippen LogP contribution < -0.4 is 5.32 Å². The lowest BCUT2D eigenvalue weighted by atomic mass is 9.73. The van der Waals surface area contributed by atoms with Gasteiger partial charge in [-0.2, -0.15) is 10.1 Å². The highest BCUT2D eigenvalue weighted by molar-refractivity contribution is 5.69. The van der Waals surface area contributed by atoms with Crippen molar-refractivity contribution in [3.05, 3.63) is 0 Å². The lowest BCUT2D eigenvalue weighted by molar-refractivity contribution is -0.898. The zero-order chi connectivity index (χ0) is 21.3. The number of hydrogen-bond donors (Lipinski definition) is 3.